The van der Waals surface area contributed by atoms with Gasteiger partial charge in [0.25, 0.3) is 0 Å². The number of nitrogens with one attached hydrogen (secondary N) is 1. The normalized spacial score (nSPS) is 25.2. The average Bonchev–Trinajstić information content (AvgIpc) is 2.95. The summed E-state index contributed by atoms with van der Waals surface area (Å²) in [6, 6.07) is 8.04. The third-order valence-corrected chi connectivity index (χ3v) is 6.63. The Kier molecular flexibility index (Phi) is 6.08. The van der Waals surface area contributed by atoms with E-state index in [9.17, 15) is 8.42 Å². The van der Waals surface area contributed by atoms with Crippen molar-refractivity contribution in [1.82, 2.24) is 14.5 Å². The molecule has 0 bridgehead atoms. The summed E-state index contributed by atoms with van der Waals surface area (Å²) in [7, 11) is -0.211. The average molecular weight is 360 g/mol. The second-order valence-electron chi connectivity index (χ2n) is 6.57. The second-order valence-corrected chi connectivity index (χ2v) is 8.72. The maximum absolute atomic E-state index is 12.2. The Balaban J connectivity index is 0.00000192. The first kappa shape index (κ1) is 18.7. The van der Waals surface area contributed by atoms with Gasteiger partial charge in [-0.1, -0.05) is 12.1 Å². The molecule has 2 saturated heterocycles. The van der Waals surface area contributed by atoms with Gasteiger partial charge >= 0.3 is 0 Å². The number of piperidine rings is 1. The Hall–Kier alpha value is -0.660. The predicted molar refractivity (Wildman–Crippen MR) is 94.4 cm³/mol. The van der Waals surface area contributed by atoms with E-state index in [-0.39, 0.29) is 12.4 Å². The molecule has 5 nitrogen and oxygen atoms in total. The summed E-state index contributed by atoms with van der Waals surface area (Å²) >= 11 is 0. The van der Waals surface area contributed by atoms with Crippen LogP contribution < -0.4 is 5.32 Å². The van der Waals surface area contributed by atoms with Crippen molar-refractivity contribution in [3.63, 3.8) is 0 Å². The molecule has 130 valence electrons. The van der Waals surface area contributed by atoms with E-state index in [2.05, 4.69) is 10.2 Å². The van der Waals surface area contributed by atoms with E-state index in [0.29, 0.717) is 10.9 Å². The van der Waals surface area contributed by atoms with Gasteiger partial charge in [0.2, 0.25) is 10.0 Å². The van der Waals surface area contributed by atoms with Gasteiger partial charge in [-0.3, -0.25) is 4.90 Å². The number of benzene rings is 1. The van der Waals surface area contributed by atoms with E-state index < -0.39 is 10.0 Å². The Morgan fingerprint density at radius 3 is 2.83 bits per heavy atom. The number of likely N-dealkylation sites (tertiary alicyclic amines) is 1. The molecule has 1 aromatic rings. The van der Waals surface area contributed by atoms with E-state index in [1.165, 1.54) is 17.1 Å². The molecule has 3 rings (SSSR count). The van der Waals surface area contributed by atoms with Crippen LogP contribution in [0.25, 0.3) is 0 Å². The lowest BCUT2D eigenvalue weighted by Gasteiger charge is -2.34. The summed E-state index contributed by atoms with van der Waals surface area (Å²) in [4.78, 5) is 2.84. The lowest BCUT2D eigenvalue weighted by molar-refractivity contribution is 0.156. The van der Waals surface area contributed by atoms with Gasteiger partial charge in [0, 0.05) is 33.2 Å². The highest BCUT2D eigenvalue weighted by Gasteiger charge is 2.32. The van der Waals surface area contributed by atoms with Crippen molar-refractivity contribution in [2.75, 3.05) is 33.7 Å². The van der Waals surface area contributed by atoms with Crippen LogP contribution in [0.3, 0.4) is 0 Å². The van der Waals surface area contributed by atoms with E-state index in [1.807, 2.05) is 18.2 Å². The van der Waals surface area contributed by atoms with Gasteiger partial charge in [0.15, 0.2) is 0 Å². The van der Waals surface area contributed by atoms with E-state index in [4.69, 9.17) is 0 Å². The van der Waals surface area contributed by atoms with Crippen LogP contribution in [0.4, 0.5) is 0 Å². The topological polar surface area (TPSA) is 52.7 Å². The van der Waals surface area contributed by atoms with Crippen LogP contribution in [0.15, 0.2) is 29.2 Å². The molecule has 0 radical (unpaired) electrons. The van der Waals surface area contributed by atoms with Gasteiger partial charge in [0.05, 0.1) is 4.90 Å². The highest BCUT2D eigenvalue weighted by molar-refractivity contribution is 7.89. The molecular formula is C16H26ClN3O2S. The summed E-state index contributed by atoms with van der Waals surface area (Å²) < 4.78 is 25.7. The third-order valence-electron chi connectivity index (χ3n) is 4.82. The first-order valence-electron chi connectivity index (χ1n) is 7.94. The third kappa shape index (κ3) is 4.06. The Morgan fingerprint density at radius 2 is 2.09 bits per heavy atom. The van der Waals surface area contributed by atoms with Crippen molar-refractivity contribution in [3.8, 4) is 0 Å². The van der Waals surface area contributed by atoms with Crippen LogP contribution in [-0.4, -0.2) is 57.4 Å². The molecule has 2 aliphatic rings. The van der Waals surface area contributed by atoms with Gasteiger partial charge in [0.1, 0.15) is 0 Å². The summed E-state index contributed by atoms with van der Waals surface area (Å²) in [6.45, 7) is 4.17. The van der Waals surface area contributed by atoms with Crippen molar-refractivity contribution >= 4 is 22.4 Å². The molecule has 2 atom stereocenters. The number of sulfonamides is 1. The molecule has 2 fully saturated rings. The largest absolute Gasteiger partial charge is 0.314 e. The van der Waals surface area contributed by atoms with Crippen LogP contribution >= 0.6 is 12.4 Å². The smallest absolute Gasteiger partial charge is 0.242 e. The minimum absolute atomic E-state index is 0. The fourth-order valence-electron chi connectivity index (χ4n) is 3.54. The van der Waals surface area contributed by atoms with Crippen molar-refractivity contribution in [2.45, 2.75) is 30.3 Å². The van der Waals surface area contributed by atoms with Gasteiger partial charge in [-0.15, -0.1) is 12.4 Å². The number of fused-ring (bicyclic) bond motifs is 1. The number of hydrogen-bond donors (Lipinski definition) is 1. The molecule has 0 saturated carbocycles. The SMILES string of the molecule is CN(C)S(=O)(=O)c1cccc(CN2CCC3NCCC3C2)c1.Cl. The van der Waals surface area contributed by atoms with Crippen LogP contribution in [0.2, 0.25) is 0 Å². The van der Waals surface area contributed by atoms with Crippen molar-refractivity contribution in [1.29, 1.82) is 0 Å². The molecule has 7 heteroatoms. The monoisotopic (exact) mass is 359 g/mol. The highest BCUT2D eigenvalue weighted by Crippen LogP contribution is 2.26. The molecule has 2 heterocycles. The van der Waals surface area contributed by atoms with Crippen LogP contribution in [0, 0.1) is 5.92 Å². The molecule has 0 spiro atoms. The molecule has 2 unspecified atom stereocenters. The molecule has 0 aliphatic carbocycles. The summed E-state index contributed by atoms with van der Waals surface area (Å²) in [5, 5.41) is 3.57. The Bertz CT molecular complexity index is 636. The van der Waals surface area contributed by atoms with E-state index in [0.717, 1.165) is 37.7 Å². The number of nitrogens with zero attached hydrogens (tertiary/aromatic N) is 2. The minimum atomic E-state index is -3.35. The van der Waals surface area contributed by atoms with Gasteiger partial charge in [-0.25, -0.2) is 12.7 Å². The molecule has 0 amide bonds. The lowest BCUT2D eigenvalue weighted by Crippen LogP contribution is -2.43. The Labute approximate surface area is 145 Å². The van der Waals surface area contributed by atoms with Crippen molar-refractivity contribution < 1.29 is 8.42 Å². The zero-order valence-corrected chi connectivity index (χ0v) is 15.4. The maximum atomic E-state index is 12.2. The minimum Gasteiger partial charge on any atom is -0.314 e. The zero-order valence-electron chi connectivity index (χ0n) is 13.7. The number of hydrogen-bond acceptors (Lipinski definition) is 4. The quantitative estimate of drug-likeness (QED) is 0.886. The second kappa shape index (κ2) is 7.49. The van der Waals surface area contributed by atoms with Crippen molar-refractivity contribution in [2.24, 2.45) is 5.92 Å². The first-order chi connectivity index (χ1) is 10.5. The Morgan fingerprint density at radius 1 is 1.30 bits per heavy atom. The molecular weight excluding hydrogens is 334 g/mol. The molecule has 2 aliphatic heterocycles. The lowest BCUT2D eigenvalue weighted by atomic mass is 9.93. The van der Waals surface area contributed by atoms with Gasteiger partial charge < -0.3 is 5.32 Å². The number of rotatable bonds is 4. The van der Waals surface area contributed by atoms with Crippen LogP contribution in [0.1, 0.15) is 18.4 Å². The van der Waals surface area contributed by atoms with E-state index >= 15 is 0 Å². The molecule has 1 aromatic carbocycles. The summed E-state index contributed by atoms with van der Waals surface area (Å²) in [5.74, 6) is 0.752. The molecule has 0 aromatic heterocycles. The van der Waals surface area contributed by atoms with Crippen LogP contribution in [-0.2, 0) is 16.6 Å². The van der Waals surface area contributed by atoms with E-state index in [1.54, 1.807) is 20.2 Å². The molecule has 1 N–H and O–H groups in total. The summed E-state index contributed by atoms with van der Waals surface area (Å²) in [5.41, 5.74) is 1.08. The predicted octanol–water partition coefficient (Wildman–Crippen LogP) is 1.54. The van der Waals surface area contributed by atoms with Gasteiger partial charge in [-0.05, 0) is 49.5 Å². The maximum Gasteiger partial charge on any atom is 0.242 e. The zero-order chi connectivity index (χ0) is 15.7. The highest BCUT2D eigenvalue weighted by atomic mass is 35.5. The fourth-order valence-corrected chi connectivity index (χ4v) is 4.51. The summed E-state index contributed by atoms with van der Waals surface area (Å²) in [6.07, 6.45) is 2.45. The first-order valence-corrected chi connectivity index (χ1v) is 9.38. The number of halogens is 1. The van der Waals surface area contributed by atoms with Crippen molar-refractivity contribution in [3.05, 3.63) is 29.8 Å². The van der Waals surface area contributed by atoms with Crippen LogP contribution in [0.5, 0.6) is 0 Å². The standard InChI is InChI=1S/C16H25N3O2S.ClH/c1-18(2)22(20,21)15-5-3-4-13(10-15)11-19-9-7-16-14(12-19)6-8-17-16;/h3-5,10,14,16-17H,6-9,11-12H2,1-2H3;1H. The van der Waals surface area contributed by atoms with Gasteiger partial charge in [-0.2, -0.15) is 0 Å². The molecule has 23 heavy (non-hydrogen) atoms. The fraction of sp³-hybridized carbons (Fsp3) is 0.625.